The van der Waals surface area contributed by atoms with E-state index in [4.69, 9.17) is 14.0 Å². The number of carbonyl (C=O) groups excluding carboxylic acids is 1. The van der Waals surface area contributed by atoms with Crippen molar-refractivity contribution < 1.29 is 18.8 Å². The van der Waals surface area contributed by atoms with Crippen LogP contribution in [0.4, 0.5) is 0 Å². The lowest BCUT2D eigenvalue weighted by atomic mass is 10.2. The highest BCUT2D eigenvalue weighted by Crippen LogP contribution is 2.21. The van der Waals surface area contributed by atoms with Gasteiger partial charge in [-0.25, -0.2) is 0 Å². The number of rotatable bonds is 9. The van der Waals surface area contributed by atoms with Gasteiger partial charge in [-0.05, 0) is 69.7 Å². The van der Waals surface area contributed by atoms with E-state index in [-0.39, 0.29) is 5.91 Å². The Morgan fingerprint density at radius 2 is 1.83 bits per heavy atom. The van der Waals surface area contributed by atoms with Crippen molar-refractivity contribution in [2.75, 3.05) is 19.8 Å². The summed E-state index contributed by atoms with van der Waals surface area (Å²) >= 11 is 0. The highest BCUT2D eigenvalue weighted by Gasteiger charge is 2.12. The molecule has 0 saturated heterocycles. The van der Waals surface area contributed by atoms with Crippen molar-refractivity contribution >= 4 is 12.0 Å². The second-order valence-electron chi connectivity index (χ2n) is 6.83. The molecule has 1 amide bonds. The number of carbonyl (C=O) groups is 1. The fourth-order valence-electron chi connectivity index (χ4n) is 3.13. The zero-order valence-corrected chi connectivity index (χ0v) is 17.8. The second-order valence-corrected chi connectivity index (χ2v) is 6.83. The molecule has 30 heavy (non-hydrogen) atoms. The molecule has 3 rings (SSSR count). The van der Waals surface area contributed by atoms with E-state index in [9.17, 15) is 4.79 Å². The van der Waals surface area contributed by atoms with Crippen LogP contribution in [0.15, 0.2) is 47.0 Å². The number of nitrogens with one attached hydrogen (secondary N) is 1. The molecule has 0 aliphatic rings. The van der Waals surface area contributed by atoms with Crippen LogP contribution < -0.4 is 14.8 Å². The summed E-state index contributed by atoms with van der Waals surface area (Å²) < 4.78 is 18.2. The van der Waals surface area contributed by atoms with Gasteiger partial charge >= 0.3 is 0 Å². The fourth-order valence-corrected chi connectivity index (χ4v) is 3.13. The molecule has 2 aromatic heterocycles. The van der Waals surface area contributed by atoms with E-state index in [0.29, 0.717) is 19.8 Å². The Bertz CT molecular complexity index is 1020. The fraction of sp³-hybridized carbons (Fsp3) is 0.304. The summed E-state index contributed by atoms with van der Waals surface area (Å²) in [5.74, 6) is 2.85. The Hall–Kier alpha value is -3.48. The van der Waals surface area contributed by atoms with Gasteiger partial charge in [0, 0.05) is 23.5 Å². The number of ether oxygens (including phenoxy) is 2. The Morgan fingerprint density at radius 3 is 2.47 bits per heavy atom. The summed E-state index contributed by atoms with van der Waals surface area (Å²) in [5.41, 5.74) is 2.96. The highest BCUT2D eigenvalue weighted by atomic mass is 16.5. The zero-order valence-electron chi connectivity index (χ0n) is 17.8. The van der Waals surface area contributed by atoms with Gasteiger partial charge in [0.1, 0.15) is 23.9 Å². The molecule has 0 fully saturated rings. The number of aromatic nitrogens is 2. The molecule has 0 bridgehead atoms. The molecule has 1 N–H and O–H groups in total. The number of aryl methyl sites for hydroxylation is 2. The predicted molar refractivity (Wildman–Crippen MR) is 115 cm³/mol. The lowest BCUT2D eigenvalue weighted by Gasteiger charge is -2.08. The molecule has 0 aliphatic carbocycles. The van der Waals surface area contributed by atoms with Crippen LogP contribution in [0.2, 0.25) is 0 Å². The summed E-state index contributed by atoms with van der Waals surface area (Å²) in [4.78, 5) is 12.1. The molecule has 0 spiro atoms. The average Bonchev–Trinajstić information content (AvgIpc) is 3.27. The Kier molecular flexibility index (Phi) is 6.95. The van der Waals surface area contributed by atoms with Crippen molar-refractivity contribution in [3.63, 3.8) is 0 Å². The molecule has 7 heteroatoms. The predicted octanol–water partition coefficient (Wildman–Crippen LogP) is 4.00. The quantitative estimate of drug-likeness (QED) is 0.427. The maximum atomic E-state index is 12.1. The molecule has 1 aromatic carbocycles. The normalized spacial score (nSPS) is 11.1. The highest BCUT2D eigenvalue weighted by molar-refractivity contribution is 5.91. The van der Waals surface area contributed by atoms with E-state index in [2.05, 4.69) is 10.5 Å². The standard InChI is InChI=1S/C23H27N3O4/c1-5-28-20-7-9-21(10-8-20)29-13-12-24-23(27)11-6-19-14-16(2)26(18(19)4)22-15-17(3)30-25-22/h6-11,14-15H,5,12-13H2,1-4H3,(H,24,27)/b11-6+. The Labute approximate surface area is 176 Å². The topological polar surface area (TPSA) is 78.5 Å². The van der Waals surface area contributed by atoms with Crippen molar-refractivity contribution in [1.82, 2.24) is 15.0 Å². The molecule has 3 aromatic rings. The minimum atomic E-state index is -0.174. The number of nitrogens with zero attached hydrogens (tertiary/aromatic N) is 2. The minimum Gasteiger partial charge on any atom is -0.494 e. The maximum absolute atomic E-state index is 12.1. The molecule has 2 heterocycles. The van der Waals surface area contributed by atoms with Gasteiger partial charge in [-0.15, -0.1) is 0 Å². The third kappa shape index (κ3) is 5.31. The van der Waals surface area contributed by atoms with Gasteiger partial charge in [-0.2, -0.15) is 0 Å². The van der Waals surface area contributed by atoms with Gasteiger partial charge in [0.15, 0.2) is 5.82 Å². The van der Waals surface area contributed by atoms with Gasteiger partial charge < -0.3 is 19.3 Å². The van der Waals surface area contributed by atoms with Crippen LogP contribution in [-0.2, 0) is 4.79 Å². The molecule has 158 valence electrons. The lowest BCUT2D eigenvalue weighted by Crippen LogP contribution is -2.26. The van der Waals surface area contributed by atoms with Gasteiger partial charge in [0.25, 0.3) is 0 Å². The zero-order chi connectivity index (χ0) is 21.5. The van der Waals surface area contributed by atoms with E-state index >= 15 is 0 Å². The number of hydrogen-bond donors (Lipinski definition) is 1. The average molecular weight is 409 g/mol. The van der Waals surface area contributed by atoms with Crippen LogP contribution in [0.3, 0.4) is 0 Å². The summed E-state index contributed by atoms with van der Waals surface area (Å²) in [6.45, 7) is 9.20. The largest absolute Gasteiger partial charge is 0.494 e. The summed E-state index contributed by atoms with van der Waals surface area (Å²) in [5, 5.41) is 6.89. The van der Waals surface area contributed by atoms with E-state index in [1.807, 2.05) is 68.7 Å². The third-order valence-electron chi connectivity index (χ3n) is 4.53. The minimum absolute atomic E-state index is 0.174. The lowest BCUT2D eigenvalue weighted by molar-refractivity contribution is -0.116. The number of benzene rings is 1. The van der Waals surface area contributed by atoms with E-state index in [1.54, 1.807) is 6.08 Å². The van der Waals surface area contributed by atoms with Crippen molar-refractivity contribution in [2.45, 2.75) is 27.7 Å². The van der Waals surface area contributed by atoms with Crippen LogP contribution in [0.5, 0.6) is 11.5 Å². The molecular formula is C23H27N3O4. The Balaban J connectivity index is 1.49. The van der Waals surface area contributed by atoms with Crippen molar-refractivity contribution in [3.05, 3.63) is 65.2 Å². The monoisotopic (exact) mass is 409 g/mol. The first-order chi connectivity index (χ1) is 14.5. The molecule has 0 unspecified atom stereocenters. The smallest absolute Gasteiger partial charge is 0.244 e. The van der Waals surface area contributed by atoms with Crippen molar-refractivity contribution in [3.8, 4) is 17.3 Å². The molecular weight excluding hydrogens is 382 g/mol. The van der Waals surface area contributed by atoms with E-state index in [0.717, 1.165) is 40.0 Å². The van der Waals surface area contributed by atoms with E-state index in [1.165, 1.54) is 6.08 Å². The summed E-state index contributed by atoms with van der Waals surface area (Å²) in [6.07, 6.45) is 3.32. The van der Waals surface area contributed by atoms with Gasteiger partial charge in [-0.3, -0.25) is 9.36 Å². The first-order valence-electron chi connectivity index (χ1n) is 9.92. The van der Waals surface area contributed by atoms with Crippen molar-refractivity contribution in [1.29, 1.82) is 0 Å². The third-order valence-corrected chi connectivity index (χ3v) is 4.53. The van der Waals surface area contributed by atoms with E-state index < -0.39 is 0 Å². The van der Waals surface area contributed by atoms with Gasteiger partial charge in [0.2, 0.25) is 5.91 Å². The number of hydrogen-bond acceptors (Lipinski definition) is 5. The van der Waals surface area contributed by atoms with Crippen LogP contribution in [0.1, 0.15) is 29.6 Å². The van der Waals surface area contributed by atoms with Crippen LogP contribution in [0, 0.1) is 20.8 Å². The SMILES string of the molecule is CCOc1ccc(OCCNC(=O)/C=C/c2cc(C)n(-c3cc(C)on3)c2C)cc1. The van der Waals surface area contributed by atoms with Crippen LogP contribution in [0.25, 0.3) is 11.9 Å². The molecule has 0 radical (unpaired) electrons. The molecule has 0 atom stereocenters. The van der Waals surface area contributed by atoms with Gasteiger partial charge in [-0.1, -0.05) is 5.16 Å². The first-order valence-corrected chi connectivity index (χ1v) is 9.92. The molecule has 0 saturated carbocycles. The van der Waals surface area contributed by atoms with Crippen LogP contribution in [-0.4, -0.2) is 35.4 Å². The number of amides is 1. The molecule has 7 nitrogen and oxygen atoms in total. The summed E-state index contributed by atoms with van der Waals surface area (Å²) in [6, 6.07) is 11.3. The van der Waals surface area contributed by atoms with Crippen LogP contribution >= 0.6 is 0 Å². The van der Waals surface area contributed by atoms with Crippen molar-refractivity contribution in [2.24, 2.45) is 0 Å². The van der Waals surface area contributed by atoms with Gasteiger partial charge in [0.05, 0.1) is 13.2 Å². The Morgan fingerprint density at radius 1 is 1.13 bits per heavy atom. The first kappa shape index (κ1) is 21.2. The maximum Gasteiger partial charge on any atom is 0.244 e. The molecule has 0 aliphatic heterocycles. The second kappa shape index (κ2) is 9.82. The summed E-state index contributed by atoms with van der Waals surface area (Å²) in [7, 11) is 0.